The average Bonchev–Trinajstić information content (AvgIpc) is 3.27. The molecule has 0 fully saturated rings. The van der Waals surface area contributed by atoms with E-state index in [0.717, 1.165) is 17.1 Å². The molecule has 0 aliphatic heterocycles. The Hall–Kier alpha value is -7.22. The highest BCUT2D eigenvalue weighted by Crippen LogP contribution is 2.43. The molecule has 0 saturated heterocycles. The van der Waals surface area contributed by atoms with Gasteiger partial charge in [0.05, 0.1) is 5.69 Å². The maximum atomic E-state index is 2.41. The Morgan fingerprint density at radius 1 is 0.255 bits per heavy atom. The first-order valence-electron chi connectivity index (χ1n) is 18.9. The topological polar surface area (TPSA) is 3.24 Å². The minimum atomic E-state index is 1.10. The van der Waals surface area contributed by atoms with Crippen LogP contribution in [0.5, 0.6) is 0 Å². The summed E-state index contributed by atoms with van der Waals surface area (Å²) in [5.41, 5.74) is 13.1. The summed E-state index contributed by atoms with van der Waals surface area (Å²) in [4.78, 5) is 2.41. The number of hydrogen-bond donors (Lipinski definition) is 0. The Bertz CT molecular complexity index is 2940. The average molecular weight is 700 g/mol. The van der Waals surface area contributed by atoms with Gasteiger partial charge in [-0.3, -0.25) is 0 Å². The number of fused-ring (bicyclic) bond motifs is 3. The summed E-state index contributed by atoms with van der Waals surface area (Å²) in [6.45, 7) is 0. The van der Waals surface area contributed by atoms with Crippen LogP contribution < -0.4 is 4.90 Å². The smallest absolute Gasteiger partial charge is 0.0540 e. The second-order valence-corrected chi connectivity index (χ2v) is 14.1. The van der Waals surface area contributed by atoms with E-state index < -0.39 is 0 Å². The molecule has 258 valence electrons. The molecule has 0 bridgehead atoms. The summed E-state index contributed by atoms with van der Waals surface area (Å²) >= 11 is 0. The largest absolute Gasteiger partial charge is 0.310 e. The number of nitrogens with zero attached hydrogens (tertiary/aromatic N) is 1. The third-order valence-corrected chi connectivity index (χ3v) is 10.9. The van der Waals surface area contributed by atoms with Gasteiger partial charge in [0.2, 0.25) is 0 Å². The fourth-order valence-corrected chi connectivity index (χ4v) is 8.19. The van der Waals surface area contributed by atoms with E-state index in [0.29, 0.717) is 0 Å². The van der Waals surface area contributed by atoms with Crippen molar-refractivity contribution in [1.29, 1.82) is 0 Å². The van der Waals surface area contributed by atoms with E-state index in [2.05, 4.69) is 229 Å². The van der Waals surface area contributed by atoms with Crippen LogP contribution in [0.3, 0.4) is 0 Å². The van der Waals surface area contributed by atoms with Crippen LogP contribution in [-0.4, -0.2) is 0 Å². The van der Waals surface area contributed by atoms with Gasteiger partial charge in [0, 0.05) is 16.8 Å². The van der Waals surface area contributed by atoms with E-state index in [1.807, 2.05) is 0 Å². The van der Waals surface area contributed by atoms with E-state index in [-0.39, 0.29) is 0 Å². The minimum Gasteiger partial charge on any atom is -0.310 e. The predicted octanol–water partition coefficient (Wildman–Crippen LogP) is 15.3. The molecule has 0 atom stereocenters. The molecule has 1 nitrogen and oxygen atoms in total. The standard InChI is InChI=1S/C54H37N/c1-3-13-38(14-4-1)40-29-33-46(34-30-40)55(53-26-12-24-51-48(21-11-25-52(51)53)45-28-27-39-15-7-8-18-44(39)37-45)47-35-31-42(32-36-47)50-23-10-20-43-19-9-22-49(54(43)50)41-16-5-2-6-17-41/h1-37H. The van der Waals surface area contributed by atoms with Gasteiger partial charge < -0.3 is 4.90 Å². The molecule has 10 aromatic carbocycles. The highest BCUT2D eigenvalue weighted by Gasteiger charge is 2.18. The molecule has 10 aromatic rings. The number of benzene rings is 10. The fraction of sp³-hybridized carbons (Fsp3) is 0. The lowest BCUT2D eigenvalue weighted by Crippen LogP contribution is -2.10. The monoisotopic (exact) mass is 699 g/mol. The third-order valence-electron chi connectivity index (χ3n) is 10.9. The SMILES string of the molecule is c1ccc(-c2ccc(N(c3ccc(-c4cccc5cccc(-c6ccccc6)c45)cc3)c3cccc4c(-c5ccc6ccccc6c5)cccc34)cc2)cc1. The first-order valence-corrected chi connectivity index (χ1v) is 18.9. The summed E-state index contributed by atoms with van der Waals surface area (Å²) in [5.74, 6) is 0. The van der Waals surface area contributed by atoms with E-state index in [1.165, 1.54) is 76.8 Å². The van der Waals surface area contributed by atoms with Crippen LogP contribution in [0.4, 0.5) is 17.1 Å². The molecule has 0 aromatic heterocycles. The fourth-order valence-electron chi connectivity index (χ4n) is 8.19. The van der Waals surface area contributed by atoms with Crippen LogP contribution in [0.2, 0.25) is 0 Å². The normalized spacial score (nSPS) is 11.3. The van der Waals surface area contributed by atoms with Crippen molar-refractivity contribution in [2.75, 3.05) is 4.90 Å². The van der Waals surface area contributed by atoms with Crippen LogP contribution in [-0.2, 0) is 0 Å². The van der Waals surface area contributed by atoms with Gasteiger partial charge >= 0.3 is 0 Å². The van der Waals surface area contributed by atoms with E-state index >= 15 is 0 Å². The molecule has 0 amide bonds. The van der Waals surface area contributed by atoms with Crippen LogP contribution in [0.1, 0.15) is 0 Å². The van der Waals surface area contributed by atoms with Crippen LogP contribution in [0.15, 0.2) is 224 Å². The van der Waals surface area contributed by atoms with E-state index in [1.54, 1.807) is 0 Å². The van der Waals surface area contributed by atoms with Crippen molar-refractivity contribution < 1.29 is 0 Å². The van der Waals surface area contributed by atoms with Gasteiger partial charge in [0.25, 0.3) is 0 Å². The van der Waals surface area contributed by atoms with Crippen molar-refractivity contribution in [2.45, 2.75) is 0 Å². The highest BCUT2D eigenvalue weighted by atomic mass is 15.1. The molecule has 1 heteroatoms. The van der Waals surface area contributed by atoms with Gasteiger partial charge in [-0.2, -0.15) is 0 Å². The first kappa shape index (κ1) is 32.4. The molecular formula is C54H37N. The molecular weight excluding hydrogens is 663 g/mol. The Morgan fingerprint density at radius 2 is 0.727 bits per heavy atom. The van der Waals surface area contributed by atoms with Crippen LogP contribution in [0.25, 0.3) is 76.8 Å². The van der Waals surface area contributed by atoms with Gasteiger partial charge in [-0.25, -0.2) is 0 Å². The lowest BCUT2D eigenvalue weighted by molar-refractivity contribution is 1.30. The van der Waals surface area contributed by atoms with Crippen molar-refractivity contribution in [1.82, 2.24) is 0 Å². The third kappa shape index (κ3) is 6.02. The summed E-state index contributed by atoms with van der Waals surface area (Å²) in [6.07, 6.45) is 0. The summed E-state index contributed by atoms with van der Waals surface area (Å²) < 4.78 is 0. The molecule has 0 saturated carbocycles. The van der Waals surface area contributed by atoms with E-state index in [9.17, 15) is 0 Å². The summed E-state index contributed by atoms with van der Waals surface area (Å²) in [7, 11) is 0. The maximum Gasteiger partial charge on any atom is 0.0540 e. The Labute approximate surface area is 322 Å². The van der Waals surface area contributed by atoms with Crippen molar-refractivity contribution in [3.8, 4) is 44.5 Å². The van der Waals surface area contributed by atoms with Gasteiger partial charge in [-0.1, -0.05) is 188 Å². The van der Waals surface area contributed by atoms with Crippen molar-refractivity contribution >= 4 is 49.4 Å². The zero-order valence-electron chi connectivity index (χ0n) is 30.3. The van der Waals surface area contributed by atoms with Gasteiger partial charge in [-0.05, 0) is 108 Å². The number of rotatable bonds is 7. The quantitative estimate of drug-likeness (QED) is 0.160. The van der Waals surface area contributed by atoms with Gasteiger partial charge in [0.1, 0.15) is 0 Å². The molecule has 0 aliphatic carbocycles. The minimum absolute atomic E-state index is 1.10. The first-order chi connectivity index (χ1) is 27.3. The van der Waals surface area contributed by atoms with Crippen LogP contribution in [0, 0.1) is 0 Å². The van der Waals surface area contributed by atoms with Crippen LogP contribution >= 0.6 is 0 Å². The van der Waals surface area contributed by atoms with Gasteiger partial charge in [0.15, 0.2) is 0 Å². The zero-order valence-corrected chi connectivity index (χ0v) is 30.3. The highest BCUT2D eigenvalue weighted by molar-refractivity contribution is 6.08. The molecule has 0 N–H and O–H groups in total. The molecule has 0 unspecified atom stereocenters. The van der Waals surface area contributed by atoms with Crippen molar-refractivity contribution in [2.24, 2.45) is 0 Å². The Morgan fingerprint density at radius 3 is 1.42 bits per heavy atom. The molecule has 0 spiro atoms. The Kier molecular flexibility index (Phi) is 8.24. The molecule has 0 heterocycles. The maximum absolute atomic E-state index is 2.41. The second kappa shape index (κ2) is 14.0. The second-order valence-electron chi connectivity index (χ2n) is 14.1. The van der Waals surface area contributed by atoms with Gasteiger partial charge in [-0.15, -0.1) is 0 Å². The molecule has 10 rings (SSSR count). The Balaban J connectivity index is 1.12. The molecule has 0 radical (unpaired) electrons. The van der Waals surface area contributed by atoms with Crippen molar-refractivity contribution in [3.05, 3.63) is 224 Å². The lowest BCUT2D eigenvalue weighted by atomic mass is 9.91. The lowest BCUT2D eigenvalue weighted by Gasteiger charge is -2.28. The van der Waals surface area contributed by atoms with E-state index in [4.69, 9.17) is 0 Å². The molecule has 55 heavy (non-hydrogen) atoms. The number of hydrogen-bond acceptors (Lipinski definition) is 1. The number of anilines is 3. The summed E-state index contributed by atoms with van der Waals surface area (Å²) in [5, 5.41) is 7.43. The van der Waals surface area contributed by atoms with Crippen molar-refractivity contribution in [3.63, 3.8) is 0 Å². The zero-order chi connectivity index (χ0) is 36.6. The molecule has 0 aliphatic rings. The summed E-state index contributed by atoms with van der Waals surface area (Å²) in [6, 6.07) is 81.4. The predicted molar refractivity (Wildman–Crippen MR) is 235 cm³/mol.